The number of amides is 1. The average molecular weight is 465 g/mol. The number of carbonyl (C=O) groups is 1. The smallest absolute Gasteiger partial charge is 0.394 e. The number of halogens is 1. The largest absolute Gasteiger partial charge is 0.446 e. The summed E-state index contributed by atoms with van der Waals surface area (Å²) in [4.78, 5) is 19.2. The number of carbonyl (C=O) groups excluding carboxylic acids is 1. The van der Waals surface area contributed by atoms with Crippen LogP contribution in [0.1, 0.15) is 23.3 Å². The molecule has 2 aromatic rings. The van der Waals surface area contributed by atoms with E-state index in [1.165, 1.54) is 25.6 Å². The molecule has 1 aromatic carbocycles. The Labute approximate surface area is 165 Å². The number of anilines is 1. The Kier molecular flexibility index (Phi) is 4.16. The van der Waals surface area contributed by atoms with Crippen LogP contribution in [0.4, 0.5) is 5.69 Å². The number of nitrogens with one attached hydrogen (secondary N) is 1. The molecule has 1 saturated carbocycles. The fraction of sp³-hybridized carbons (Fsp3) is 0.474. The lowest BCUT2D eigenvalue weighted by atomic mass is 9.66. The molecule has 136 valence electrons. The minimum atomic E-state index is -0.294. The summed E-state index contributed by atoms with van der Waals surface area (Å²) in [7, 11) is 0. The lowest BCUT2D eigenvalue weighted by Crippen LogP contribution is -2.64. The topological polar surface area (TPSA) is 67.6 Å². The van der Waals surface area contributed by atoms with Gasteiger partial charge >= 0.3 is 6.08 Å². The number of rotatable bonds is 4. The van der Waals surface area contributed by atoms with Crippen LogP contribution < -0.4 is 10.1 Å². The predicted octanol–water partition coefficient (Wildman–Crippen LogP) is 3.41. The van der Waals surface area contributed by atoms with Crippen molar-refractivity contribution in [2.24, 2.45) is 17.8 Å². The SMILES string of the molecule is O=C(Nc1ccccc1)c1coc(O[C@H]2C3CC4CC2C(I)N(C4)C3)n1. The van der Waals surface area contributed by atoms with Crippen LogP contribution in [-0.4, -0.2) is 39.0 Å². The van der Waals surface area contributed by atoms with E-state index in [1.54, 1.807) is 0 Å². The van der Waals surface area contributed by atoms with Gasteiger partial charge in [0, 0.05) is 30.6 Å². The third-order valence-corrected chi connectivity index (χ3v) is 7.49. The molecule has 0 spiro atoms. The molecule has 3 saturated heterocycles. The molecule has 4 heterocycles. The van der Waals surface area contributed by atoms with Gasteiger partial charge in [0.2, 0.25) is 0 Å². The van der Waals surface area contributed by atoms with Crippen LogP contribution in [0.2, 0.25) is 0 Å². The van der Waals surface area contributed by atoms with Crippen molar-refractivity contribution in [1.29, 1.82) is 0 Å². The van der Waals surface area contributed by atoms with Crippen molar-refractivity contribution in [2.45, 2.75) is 23.0 Å². The third-order valence-electron chi connectivity index (χ3n) is 5.78. The van der Waals surface area contributed by atoms with E-state index >= 15 is 0 Å². The van der Waals surface area contributed by atoms with E-state index in [-0.39, 0.29) is 23.8 Å². The minimum absolute atomic E-state index is 0.133. The zero-order valence-electron chi connectivity index (χ0n) is 14.2. The Bertz CT molecular complexity index is 811. The summed E-state index contributed by atoms with van der Waals surface area (Å²) < 4.78 is 12.1. The summed E-state index contributed by atoms with van der Waals surface area (Å²) in [6, 6.07) is 9.31. The monoisotopic (exact) mass is 465 g/mol. The van der Waals surface area contributed by atoms with Crippen LogP contribution in [-0.2, 0) is 0 Å². The molecular weight excluding hydrogens is 445 g/mol. The summed E-state index contributed by atoms with van der Waals surface area (Å²) in [5.74, 6) is 1.56. The van der Waals surface area contributed by atoms with E-state index in [2.05, 4.69) is 37.8 Å². The zero-order chi connectivity index (χ0) is 17.7. The van der Waals surface area contributed by atoms with Gasteiger partial charge in [-0.25, -0.2) is 0 Å². The molecule has 6 atom stereocenters. The molecule has 6 rings (SSSR count). The van der Waals surface area contributed by atoms with Crippen molar-refractivity contribution in [3.63, 3.8) is 0 Å². The fourth-order valence-electron chi connectivity index (χ4n) is 4.74. The molecule has 3 aliphatic heterocycles. The van der Waals surface area contributed by atoms with Gasteiger partial charge in [-0.05, 0) is 30.9 Å². The maximum Gasteiger partial charge on any atom is 0.394 e. The molecule has 7 heteroatoms. The first-order valence-electron chi connectivity index (χ1n) is 9.04. The van der Waals surface area contributed by atoms with Crippen LogP contribution in [0.25, 0.3) is 0 Å². The molecular formula is C19H20IN3O3. The van der Waals surface area contributed by atoms with Crippen molar-refractivity contribution in [3.05, 3.63) is 42.3 Å². The highest BCUT2D eigenvalue weighted by Crippen LogP contribution is 2.49. The minimum Gasteiger partial charge on any atom is -0.446 e. The first-order chi connectivity index (χ1) is 12.7. The van der Waals surface area contributed by atoms with Gasteiger partial charge in [-0.1, -0.05) is 40.8 Å². The van der Waals surface area contributed by atoms with Crippen LogP contribution in [0, 0.1) is 17.8 Å². The summed E-state index contributed by atoms with van der Waals surface area (Å²) in [5, 5.41) is 2.81. The molecule has 1 aliphatic carbocycles. The lowest BCUT2D eigenvalue weighted by Gasteiger charge is -2.57. The Morgan fingerprint density at radius 1 is 1.27 bits per heavy atom. The van der Waals surface area contributed by atoms with E-state index in [0.717, 1.165) is 18.2 Å². The van der Waals surface area contributed by atoms with E-state index < -0.39 is 0 Å². The first kappa shape index (κ1) is 16.6. The van der Waals surface area contributed by atoms with Crippen molar-refractivity contribution >= 4 is 34.2 Å². The van der Waals surface area contributed by atoms with Crippen molar-refractivity contribution in [1.82, 2.24) is 9.88 Å². The van der Waals surface area contributed by atoms with Gasteiger partial charge in [0.1, 0.15) is 12.4 Å². The molecule has 6 nitrogen and oxygen atoms in total. The molecule has 1 N–H and O–H groups in total. The Hall–Kier alpha value is -1.61. The van der Waals surface area contributed by atoms with Gasteiger partial charge in [-0.15, -0.1) is 0 Å². The third kappa shape index (κ3) is 2.90. The van der Waals surface area contributed by atoms with Crippen molar-refractivity contribution in [2.75, 3.05) is 18.4 Å². The van der Waals surface area contributed by atoms with Gasteiger partial charge < -0.3 is 14.5 Å². The molecule has 4 fully saturated rings. The summed E-state index contributed by atoms with van der Waals surface area (Å²) >= 11 is 2.54. The maximum absolute atomic E-state index is 12.3. The molecule has 4 bridgehead atoms. The average Bonchev–Trinajstić information content (AvgIpc) is 3.11. The van der Waals surface area contributed by atoms with E-state index in [0.29, 0.717) is 15.9 Å². The van der Waals surface area contributed by atoms with Crippen LogP contribution in [0.3, 0.4) is 0 Å². The van der Waals surface area contributed by atoms with Gasteiger partial charge in [0.25, 0.3) is 5.91 Å². The predicted molar refractivity (Wildman–Crippen MR) is 104 cm³/mol. The lowest BCUT2D eigenvalue weighted by molar-refractivity contribution is -0.111. The quantitative estimate of drug-likeness (QED) is 0.426. The normalized spacial score (nSPS) is 34.7. The number of ether oxygens (including phenoxy) is 1. The number of alkyl halides is 1. The number of nitrogens with zero attached hydrogens (tertiary/aromatic N) is 2. The molecule has 4 aliphatic rings. The number of hydrogen-bond acceptors (Lipinski definition) is 5. The zero-order valence-corrected chi connectivity index (χ0v) is 16.3. The number of hydrogen-bond donors (Lipinski definition) is 1. The fourth-order valence-corrected chi connectivity index (χ4v) is 5.89. The Morgan fingerprint density at radius 3 is 2.96 bits per heavy atom. The number of piperidine rings is 3. The molecule has 26 heavy (non-hydrogen) atoms. The number of oxazole rings is 1. The summed E-state index contributed by atoms with van der Waals surface area (Å²) in [6.07, 6.45) is 4.15. The second-order valence-electron chi connectivity index (χ2n) is 7.49. The van der Waals surface area contributed by atoms with Gasteiger partial charge in [-0.2, -0.15) is 4.98 Å². The first-order valence-corrected chi connectivity index (χ1v) is 10.3. The molecule has 1 aromatic heterocycles. The number of para-hydroxylation sites is 1. The highest BCUT2D eigenvalue weighted by atomic mass is 127. The Balaban J connectivity index is 1.28. The van der Waals surface area contributed by atoms with Gasteiger partial charge in [0.05, 0.1) is 4.05 Å². The van der Waals surface area contributed by atoms with Crippen molar-refractivity contribution in [3.8, 4) is 6.08 Å². The van der Waals surface area contributed by atoms with Crippen LogP contribution >= 0.6 is 22.6 Å². The number of aromatic nitrogens is 1. The highest BCUT2D eigenvalue weighted by Gasteiger charge is 2.53. The van der Waals surface area contributed by atoms with E-state index in [1.807, 2.05) is 30.3 Å². The Morgan fingerprint density at radius 2 is 2.12 bits per heavy atom. The van der Waals surface area contributed by atoms with Crippen LogP contribution in [0.15, 0.2) is 41.0 Å². The number of benzene rings is 1. The van der Waals surface area contributed by atoms with Gasteiger partial charge in [-0.3, -0.25) is 9.69 Å². The van der Waals surface area contributed by atoms with Gasteiger partial charge in [0.15, 0.2) is 5.69 Å². The van der Waals surface area contributed by atoms with Crippen LogP contribution in [0.5, 0.6) is 6.08 Å². The molecule has 5 unspecified atom stereocenters. The second kappa shape index (κ2) is 6.53. The highest BCUT2D eigenvalue weighted by molar-refractivity contribution is 14.1. The summed E-state index contributed by atoms with van der Waals surface area (Å²) in [6.45, 7) is 2.32. The second-order valence-corrected chi connectivity index (χ2v) is 8.77. The van der Waals surface area contributed by atoms with E-state index in [9.17, 15) is 4.79 Å². The van der Waals surface area contributed by atoms with Crippen molar-refractivity contribution < 1.29 is 13.9 Å². The molecule has 0 radical (unpaired) electrons. The maximum atomic E-state index is 12.3. The van der Waals surface area contributed by atoms with E-state index in [4.69, 9.17) is 9.15 Å². The standard InChI is InChI=1S/C19H20IN3O3/c20-17-14-7-11-6-12(9-23(17)8-11)16(14)26-19-22-15(10-25-19)18(24)21-13-4-2-1-3-5-13/h1-5,10-12,14,16-17H,6-9H2,(H,21,24)/t11?,12?,14?,16-,17?/m0/s1. The molecule has 1 amide bonds. The summed E-state index contributed by atoms with van der Waals surface area (Å²) in [5.41, 5.74) is 0.966.